The van der Waals surface area contributed by atoms with Gasteiger partial charge >= 0.3 is 12.3 Å². The number of ether oxygens (including phenoxy) is 1. The normalized spacial score (nSPS) is 17.1. The number of pyridine rings is 1. The fraction of sp³-hybridized carbons (Fsp3) is 0.462. The van der Waals surface area contributed by atoms with Gasteiger partial charge in [-0.25, -0.2) is 4.79 Å². The van der Waals surface area contributed by atoms with Gasteiger partial charge in [-0.05, 0) is 74.7 Å². The summed E-state index contributed by atoms with van der Waals surface area (Å²) in [6.45, 7) is 7.24. The molecule has 4 rings (SSSR count). The maximum atomic E-state index is 13.6. The van der Waals surface area contributed by atoms with Crippen molar-refractivity contribution < 1.29 is 22.7 Å². The van der Waals surface area contributed by atoms with Crippen molar-refractivity contribution in [2.24, 2.45) is 7.05 Å². The highest BCUT2D eigenvalue weighted by atomic mass is 19.4. The van der Waals surface area contributed by atoms with E-state index >= 15 is 0 Å². The van der Waals surface area contributed by atoms with E-state index in [-0.39, 0.29) is 35.8 Å². The number of alkyl halides is 3. The number of fused-ring (bicyclic) bond motifs is 1. The minimum atomic E-state index is -4.63. The van der Waals surface area contributed by atoms with Gasteiger partial charge in [0.05, 0.1) is 47.8 Å². The quantitative estimate of drug-likeness (QED) is 0.424. The van der Waals surface area contributed by atoms with Gasteiger partial charge in [0.25, 0.3) is 5.95 Å². The molecule has 10 nitrogen and oxygen atoms in total. The van der Waals surface area contributed by atoms with Gasteiger partial charge in [0.2, 0.25) is 0 Å². The van der Waals surface area contributed by atoms with Crippen LogP contribution in [0.15, 0.2) is 30.3 Å². The average molecular weight is 543 g/mol. The van der Waals surface area contributed by atoms with Gasteiger partial charge in [-0.15, -0.1) is 5.10 Å². The summed E-state index contributed by atoms with van der Waals surface area (Å²) < 4.78 is 46.4. The number of hydrogen-bond acceptors (Lipinski definition) is 8. The lowest BCUT2D eigenvalue weighted by molar-refractivity contribution is -0.137. The van der Waals surface area contributed by atoms with Gasteiger partial charge in [-0.2, -0.15) is 23.2 Å². The molecule has 3 aromatic rings. The number of carbonyl (C=O) groups excluding carboxylic acids is 1. The van der Waals surface area contributed by atoms with Gasteiger partial charge in [0.1, 0.15) is 0 Å². The fourth-order valence-electron chi connectivity index (χ4n) is 4.74. The molecule has 0 N–H and O–H groups in total. The molecule has 206 valence electrons. The molecule has 39 heavy (non-hydrogen) atoms. The van der Waals surface area contributed by atoms with Crippen molar-refractivity contribution in [2.45, 2.75) is 71.4 Å². The zero-order valence-corrected chi connectivity index (χ0v) is 22.3. The summed E-state index contributed by atoms with van der Waals surface area (Å²) in [5.74, 6) is 0.181. The molecular weight excluding hydrogens is 513 g/mol. The number of nitriles is 1. The van der Waals surface area contributed by atoms with Crippen LogP contribution in [-0.2, 0) is 24.5 Å². The lowest BCUT2D eigenvalue weighted by Gasteiger charge is -2.43. The Labute approximate surface area is 224 Å². The minimum absolute atomic E-state index is 0.0586. The monoisotopic (exact) mass is 542 g/mol. The first-order valence-electron chi connectivity index (χ1n) is 12.5. The summed E-state index contributed by atoms with van der Waals surface area (Å²) in [5.41, 5.74) is 1.00. The highest BCUT2D eigenvalue weighted by molar-refractivity contribution is 5.90. The molecule has 0 fully saturated rings. The molecule has 2 atom stereocenters. The molecule has 0 radical (unpaired) electrons. The zero-order valence-electron chi connectivity index (χ0n) is 22.3. The van der Waals surface area contributed by atoms with Crippen LogP contribution >= 0.6 is 0 Å². The number of amides is 1. The third-order valence-electron chi connectivity index (χ3n) is 6.41. The van der Waals surface area contributed by atoms with E-state index in [9.17, 15) is 23.2 Å². The zero-order chi connectivity index (χ0) is 28.5. The molecule has 3 heterocycles. The molecule has 0 unspecified atom stereocenters. The predicted octanol–water partition coefficient (Wildman–Crippen LogP) is 5.09. The van der Waals surface area contributed by atoms with Crippen LogP contribution in [0.1, 0.15) is 67.7 Å². The Hall–Kier alpha value is -4.21. The van der Waals surface area contributed by atoms with E-state index < -0.39 is 23.9 Å². The van der Waals surface area contributed by atoms with Crippen LogP contribution in [0.3, 0.4) is 0 Å². The number of nitrogens with zero attached hydrogens (tertiary/aromatic N) is 8. The molecular formula is C26H29F3N8O2. The third-order valence-corrected chi connectivity index (χ3v) is 6.41. The van der Waals surface area contributed by atoms with E-state index in [1.165, 1.54) is 10.9 Å². The lowest BCUT2D eigenvalue weighted by atomic mass is 9.91. The SMILES string of the molecule is CC[C@@H]1C[C@H](N(Cc2cc(C#N)cc(C(F)(F)F)c2)c2nnn(C)n2)c2nc(C)ccc2N1C(=O)OC(C)C. The molecule has 0 saturated heterocycles. The maximum absolute atomic E-state index is 13.6. The Morgan fingerprint density at radius 3 is 2.62 bits per heavy atom. The van der Waals surface area contributed by atoms with Crippen molar-refractivity contribution >= 4 is 17.7 Å². The number of carbonyl (C=O) groups is 1. The predicted molar refractivity (Wildman–Crippen MR) is 136 cm³/mol. The van der Waals surface area contributed by atoms with Crippen LogP contribution < -0.4 is 9.80 Å². The molecule has 0 spiro atoms. The molecule has 1 aliphatic heterocycles. The second-order valence-electron chi connectivity index (χ2n) is 9.71. The summed E-state index contributed by atoms with van der Waals surface area (Å²) >= 11 is 0. The van der Waals surface area contributed by atoms with Crippen LogP contribution in [0.4, 0.5) is 29.6 Å². The van der Waals surface area contributed by atoms with E-state index in [1.54, 1.807) is 42.8 Å². The highest BCUT2D eigenvalue weighted by Gasteiger charge is 2.41. The number of benzene rings is 1. The van der Waals surface area contributed by atoms with Crippen LogP contribution in [0.2, 0.25) is 0 Å². The van der Waals surface area contributed by atoms with Gasteiger partial charge in [0, 0.05) is 18.3 Å². The number of aromatic nitrogens is 5. The maximum Gasteiger partial charge on any atom is 0.416 e. The first-order chi connectivity index (χ1) is 18.4. The van der Waals surface area contributed by atoms with E-state index in [2.05, 4.69) is 15.4 Å². The first kappa shape index (κ1) is 27.8. The summed E-state index contributed by atoms with van der Waals surface area (Å²) in [6.07, 6.45) is -4.48. The van der Waals surface area contributed by atoms with Crippen molar-refractivity contribution in [3.63, 3.8) is 0 Å². The number of anilines is 2. The standard InChI is InChI=1S/C26H29F3N8O2/c1-6-20-12-22(23-21(8-7-16(4)31-23)37(20)25(38)39-15(2)3)36(24-32-34-35(5)33-24)14-18-9-17(13-30)10-19(11-18)26(27,28)29/h7-11,15,20,22H,6,12,14H2,1-5H3/t20-,22+/m1/s1. The number of hydrogen-bond donors (Lipinski definition) is 0. The van der Waals surface area contributed by atoms with E-state index in [4.69, 9.17) is 9.72 Å². The molecule has 0 aliphatic carbocycles. The molecule has 1 aliphatic rings. The largest absolute Gasteiger partial charge is 0.446 e. The fourth-order valence-corrected chi connectivity index (χ4v) is 4.74. The molecule has 2 aromatic heterocycles. The van der Waals surface area contributed by atoms with Gasteiger partial charge in [-0.1, -0.05) is 12.0 Å². The van der Waals surface area contributed by atoms with Crippen molar-refractivity contribution in [2.75, 3.05) is 9.80 Å². The number of halogens is 3. The Morgan fingerprint density at radius 2 is 2.03 bits per heavy atom. The molecule has 1 amide bonds. The first-order valence-corrected chi connectivity index (χ1v) is 12.5. The third kappa shape index (κ3) is 5.94. The topological polar surface area (TPSA) is 113 Å². The Morgan fingerprint density at radius 1 is 1.28 bits per heavy atom. The van der Waals surface area contributed by atoms with Crippen molar-refractivity contribution in [3.8, 4) is 6.07 Å². The summed E-state index contributed by atoms with van der Waals surface area (Å²) in [7, 11) is 1.59. The Balaban J connectivity index is 1.85. The van der Waals surface area contributed by atoms with Gasteiger partial charge in [0.15, 0.2) is 0 Å². The lowest BCUT2D eigenvalue weighted by Crippen LogP contribution is -2.48. The van der Waals surface area contributed by atoms with Crippen molar-refractivity contribution in [3.05, 3.63) is 58.4 Å². The Kier molecular flexibility index (Phi) is 7.76. The molecule has 0 bridgehead atoms. The summed E-state index contributed by atoms with van der Waals surface area (Å²) in [6, 6.07) is 7.84. The number of aryl methyl sites for hydroxylation is 2. The number of tetrazole rings is 1. The second kappa shape index (κ2) is 10.9. The average Bonchev–Trinajstić information content (AvgIpc) is 3.31. The van der Waals surface area contributed by atoms with E-state index in [0.717, 1.165) is 12.1 Å². The van der Waals surface area contributed by atoms with Crippen LogP contribution in [0.25, 0.3) is 0 Å². The van der Waals surface area contributed by atoms with E-state index in [1.807, 2.05) is 19.9 Å². The molecule has 1 aromatic carbocycles. The minimum Gasteiger partial charge on any atom is -0.446 e. The van der Waals surface area contributed by atoms with Crippen molar-refractivity contribution in [1.82, 2.24) is 25.2 Å². The highest BCUT2D eigenvalue weighted by Crippen LogP contribution is 2.42. The van der Waals surface area contributed by atoms with E-state index in [0.29, 0.717) is 29.9 Å². The van der Waals surface area contributed by atoms with Crippen LogP contribution in [0.5, 0.6) is 0 Å². The summed E-state index contributed by atoms with van der Waals surface area (Å²) in [4.78, 5) is 22.5. The van der Waals surface area contributed by atoms with Crippen LogP contribution in [0, 0.1) is 18.3 Å². The Bertz CT molecular complexity index is 1400. The van der Waals surface area contributed by atoms with Gasteiger partial charge < -0.3 is 9.64 Å². The van der Waals surface area contributed by atoms with Crippen molar-refractivity contribution in [1.29, 1.82) is 5.26 Å². The molecule has 0 saturated carbocycles. The molecule has 13 heteroatoms. The number of rotatable bonds is 6. The van der Waals surface area contributed by atoms with Crippen LogP contribution in [-0.4, -0.2) is 43.4 Å². The summed E-state index contributed by atoms with van der Waals surface area (Å²) in [5, 5.41) is 21.8. The smallest absolute Gasteiger partial charge is 0.416 e. The van der Waals surface area contributed by atoms with Gasteiger partial charge in [-0.3, -0.25) is 9.88 Å². The second-order valence-corrected chi connectivity index (χ2v) is 9.71.